The van der Waals surface area contributed by atoms with E-state index in [1.807, 2.05) is 22.6 Å². The van der Waals surface area contributed by atoms with Crippen molar-refractivity contribution in [2.75, 3.05) is 11.1 Å². The average Bonchev–Trinajstić information content (AvgIpc) is 2.32. The molecule has 0 atom stereocenters. The summed E-state index contributed by atoms with van der Waals surface area (Å²) in [5.74, 6) is -0.258. The van der Waals surface area contributed by atoms with Gasteiger partial charge in [-0.1, -0.05) is 0 Å². The van der Waals surface area contributed by atoms with Gasteiger partial charge in [0, 0.05) is 3.57 Å². The van der Waals surface area contributed by atoms with Crippen LogP contribution in [0.5, 0.6) is 0 Å². The van der Waals surface area contributed by atoms with Crippen molar-refractivity contribution in [1.82, 2.24) is 4.98 Å². The predicted molar refractivity (Wildman–Crippen MR) is 80.5 cm³/mol. The van der Waals surface area contributed by atoms with Crippen LogP contribution in [0.4, 0.5) is 15.9 Å². The number of aromatic nitrogens is 1. The zero-order valence-corrected chi connectivity index (χ0v) is 12.2. The third kappa shape index (κ3) is 3.19. The number of nitrogens with zero attached hydrogens (tertiary/aromatic N) is 1. The fraction of sp³-hybridized carbons (Fsp3) is 0.0769. The van der Waals surface area contributed by atoms with Crippen molar-refractivity contribution in [2.24, 2.45) is 0 Å². The molecule has 2 aromatic rings. The minimum atomic E-state index is -0.372. The van der Waals surface area contributed by atoms with Gasteiger partial charge < -0.3 is 11.1 Å². The molecule has 0 unspecified atom stereocenters. The number of nitrogens with two attached hydrogens (primary N) is 1. The first-order chi connectivity index (χ1) is 8.97. The molecule has 3 N–H and O–H groups in total. The second-order valence-corrected chi connectivity index (χ2v) is 5.17. The van der Waals surface area contributed by atoms with Crippen LogP contribution >= 0.6 is 22.6 Å². The Morgan fingerprint density at radius 3 is 2.79 bits per heavy atom. The molecule has 0 radical (unpaired) electrons. The summed E-state index contributed by atoms with van der Waals surface area (Å²) >= 11 is 1.92. The normalized spacial score (nSPS) is 10.3. The number of anilines is 2. The first-order valence-corrected chi connectivity index (χ1v) is 6.54. The summed E-state index contributed by atoms with van der Waals surface area (Å²) in [5, 5.41) is 2.68. The molecule has 0 saturated heterocycles. The highest BCUT2D eigenvalue weighted by Gasteiger charge is 2.12. The Morgan fingerprint density at radius 2 is 2.16 bits per heavy atom. The second kappa shape index (κ2) is 5.52. The van der Waals surface area contributed by atoms with E-state index in [9.17, 15) is 9.18 Å². The number of aryl methyl sites for hydroxylation is 1. The lowest BCUT2D eigenvalue weighted by atomic mass is 10.2. The van der Waals surface area contributed by atoms with E-state index in [-0.39, 0.29) is 11.7 Å². The third-order valence-corrected chi connectivity index (χ3v) is 3.40. The van der Waals surface area contributed by atoms with Gasteiger partial charge in [0.25, 0.3) is 5.91 Å². The molecule has 0 fully saturated rings. The molecule has 4 nitrogen and oxygen atoms in total. The minimum absolute atomic E-state index is 0.329. The second-order valence-electron chi connectivity index (χ2n) is 4.01. The van der Waals surface area contributed by atoms with Crippen molar-refractivity contribution in [3.8, 4) is 0 Å². The maximum absolute atomic E-state index is 13.0. The van der Waals surface area contributed by atoms with E-state index in [0.717, 1.165) is 5.56 Å². The number of halogens is 2. The van der Waals surface area contributed by atoms with Crippen LogP contribution in [-0.4, -0.2) is 10.9 Å². The molecular formula is C13H11FIN3O. The van der Waals surface area contributed by atoms with Crippen LogP contribution in [0.2, 0.25) is 0 Å². The van der Waals surface area contributed by atoms with Crippen LogP contribution in [0.3, 0.4) is 0 Å². The van der Waals surface area contributed by atoms with Crippen LogP contribution in [0.15, 0.2) is 30.5 Å². The maximum atomic E-state index is 13.0. The van der Waals surface area contributed by atoms with Gasteiger partial charge in [-0.25, -0.2) is 9.37 Å². The quantitative estimate of drug-likeness (QED) is 0.798. The summed E-state index contributed by atoms with van der Waals surface area (Å²) in [7, 11) is 0. The van der Waals surface area contributed by atoms with Gasteiger partial charge in [-0.2, -0.15) is 0 Å². The minimum Gasteiger partial charge on any atom is -0.397 e. The molecular weight excluding hydrogens is 360 g/mol. The smallest absolute Gasteiger partial charge is 0.257 e. The lowest BCUT2D eigenvalue weighted by Crippen LogP contribution is -2.15. The Labute approximate surface area is 123 Å². The Morgan fingerprint density at radius 1 is 1.42 bits per heavy atom. The topological polar surface area (TPSA) is 68.0 Å². The van der Waals surface area contributed by atoms with E-state index < -0.39 is 0 Å². The standard InChI is InChI=1S/C13H11FIN3O/c1-7-4-9(16)6-17-12(7)18-13(19)10-3-2-8(14)5-11(10)15/h2-6H,16H2,1H3,(H,17,18,19). The van der Waals surface area contributed by atoms with E-state index in [0.29, 0.717) is 20.6 Å². The van der Waals surface area contributed by atoms with Gasteiger partial charge in [0.15, 0.2) is 0 Å². The fourth-order valence-electron chi connectivity index (χ4n) is 1.58. The first-order valence-electron chi connectivity index (χ1n) is 5.46. The molecule has 1 aromatic heterocycles. The summed E-state index contributed by atoms with van der Waals surface area (Å²) in [4.78, 5) is 16.1. The number of nitrogens with one attached hydrogen (secondary N) is 1. The molecule has 0 bridgehead atoms. The van der Waals surface area contributed by atoms with Crippen molar-refractivity contribution < 1.29 is 9.18 Å². The summed E-state index contributed by atoms with van der Waals surface area (Å²) in [5.41, 5.74) is 7.30. The summed E-state index contributed by atoms with van der Waals surface area (Å²) in [6.45, 7) is 1.80. The highest BCUT2D eigenvalue weighted by molar-refractivity contribution is 14.1. The number of amides is 1. The van der Waals surface area contributed by atoms with Crippen molar-refractivity contribution in [3.63, 3.8) is 0 Å². The van der Waals surface area contributed by atoms with Gasteiger partial charge in [-0.15, -0.1) is 0 Å². The van der Waals surface area contributed by atoms with Crippen LogP contribution in [0, 0.1) is 16.3 Å². The Hall–Kier alpha value is -1.70. The van der Waals surface area contributed by atoms with E-state index in [2.05, 4.69) is 10.3 Å². The van der Waals surface area contributed by atoms with Crippen molar-refractivity contribution in [3.05, 3.63) is 51.0 Å². The molecule has 0 aliphatic carbocycles. The van der Waals surface area contributed by atoms with Gasteiger partial charge in [0.1, 0.15) is 11.6 Å². The number of pyridine rings is 1. The molecule has 2 rings (SSSR count). The van der Waals surface area contributed by atoms with Crippen LogP contribution in [0.25, 0.3) is 0 Å². The molecule has 0 spiro atoms. The molecule has 6 heteroatoms. The summed E-state index contributed by atoms with van der Waals surface area (Å²) in [6.07, 6.45) is 1.47. The number of carbonyl (C=O) groups excluding carboxylic acids is 1. The fourth-order valence-corrected chi connectivity index (χ4v) is 2.30. The van der Waals surface area contributed by atoms with E-state index >= 15 is 0 Å². The number of hydrogen-bond acceptors (Lipinski definition) is 3. The number of rotatable bonds is 2. The van der Waals surface area contributed by atoms with E-state index in [1.165, 1.54) is 24.4 Å². The highest BCUT2D eigenvalue weighted by Crippen LogP contribution is 2.18. The molecule has 0 aliphatic heterocycles. The SMILES string of the molecule is Cc1cc(N)cnc1NC(=O)c1ccc(F)cc1I. The number of benzene rings is 1. The highest BCUT2D eigenvalue weighted by atomic mass is 127. The largest absolute Gasteiger partial charge is 0.397 e. The van der Waals surface area contributed by atoms with Gasteiger partial charge in [0.2, 0.25) is 0 Å². The Balaban J connectivity index is 2.25. The van der Waals surface area contributed by atoms with Crippen molar-refractivity contribution in [2.45, 2.75) is 6.92 Å². The number of nitrogen functional groups attached to an aromatic ring is 1. The Kier molecular flexibility index (Phi) is 3.98. The van der Waals surface area contributed by atoms with Gasteiger partial charge in [0.05, 0.1) is 17.4 Å². The first kappa shape index (κ1) is 13.7. The molecule has 0 saturated carbocycles. The maximum Gasteiger partial charge on any atom is 0.257 e. The van der Waals surface area contributed by atoms with E-state index in [1.54, 1.807) is 13.0 Å². The predicted octanol–water partition coefficient (Wildman–Crippen LogP) is 2.97. The van der Waals surface area contributed by atoms with Crippen molar-refractivity contribution >= 4 is 40.0 Å². The van der Waals surface area contributed by atoms with Gasteiger partial charge >= 0.3 is 0 Å². The molecule has 0 aliphatic rings. The van der Waals surface area contributed by atoms with Crippen LogP contribution in [-0.2, 0) is 0 Å². The van der Waals surface area contributed by atoms with Gasteiger partial charge in [-0.05, 0) is 59.3 Å². The van der Waals surface area contributed by atoms with Gasteiger partial charge in [-0.3, -0.25) is 4.79 Å². The van der Waals surface area contributed by atoms with Crippen LogP contribution < -0.4 is 11.1 Å². The number of hydrogen-bond donors (Lipinski definition) is 2. The van der Waals surface area contributed by atoms with E-state index in [4.69, 9.17) is 5.73 Å². The molecule has 19 heavy (non-hydrogen) atoms. The molecule has 1 amide bonds. The monoisotopic (exact) mass is 371 g/mol. The average molecular weight is 371 g/mol. The van der Waals surface area contributed by atoms with Crippen molar-refractivity contribution in [1.29, 1.82) is 0 Å². The summed E-state index contributed by atoms with van der Waals surface area (Å²) < 4.78 is 13.5. The summed E-state index contributed by atoms with van der Waals surface area (Å²) in [6, 6.07) is 5.72. The zero-order chi connectivity index (χ0) is 14.0. The third-order valence-electron chi connectivity index (χ3n) is 2.51. The number of carbonyl (C=O) groups is 1. The molecule has 1 aromatic carbocycles. The van der Waals surface area contributed by atoms with Crippen LogP contribution in [0.1, 0.15) is 15.9 Å². The lowest BCUT2D eigenvalue weighted by Gasteiger charge is -2.09. The lowest BCUT2D eigenvalue weighted by molar-refractivity contribution is 0.102. The Bertz CT molecular complexity index is 646. The molecule has 1 heterocycles. The zero-order valence-electron chi connectivity index (χ0n) is 10.1. The molecule has 98 valence electrons.